The molecule has 1 aliphatic rings. The Kier molecular flexibility index (Phi) is 5.96. The van der Waals surface area contributed by atoms with Crippen LogP contribution in [0.3, 0.4) is 0 Å². The minimum absolute atomic E-state index is 0.206. The normalized spacial score (nSPS) is 15.5. The van der Waals surface area contributed by atoms with E-state index in [2.05, 4.69) is 30.5 Å². The fourth-order valence-electron chi connectivity index (χ4n) is 3.44. The molecule has 0 aliphatic carbocycles. The van der Waals surface area contributed by atoms with E-state index in [4.69, 9.17) is 0 Å². The molecule has 152 valence electrons. The Balaban J connectivity index is 1.49. The Labute approximate surface area is 172 Å². The van der Waals surface area contributed by atoms with Gasteiger partial charge in [-0.15, -0.1) is 11.3 Å². The van der Waals surface area contributed by atoms with Crippen molar-refractivity contribution in [2.24, 2.45) is 0 Å². The molecule has 7 nitrogen and oxygen atoms in total. The summed E-state index contributed by atoms with van der Waals surface area (Å²) in [7, 11) is 0. The van der Waals surface area contributed by atoms with Gasteiger partial charge in [0.05, 0.1) is 22.5 Å². The predicted octanol–water partition coefficient (Wildman–Crippen LogP) is 3.22. The predicted molar refractivity (Wildman–Crippen MR) is 112 cm³/mol. The van der Waals surface area contributed by atoms with Crippen molar-refractivity contribution in [3.8, 4) is 0 Å². The van der Waals surface area contributed by atoms with E-state index in [9.17, 15) is 9.18 Å². The van der Waals surface area contributed by atoms with Gasteiger partial charge in [-0.2, -0.15) is 0 Å². The van der Waals surface area contributed by atoms with Gasteiger partial charge >= 0.3 is 0 Å². The summed E-state index contributed by atoms with van der Waals surface area (Å²) in [6.07, 6.45) is 5.21. The van der Waals surface area contributed by atoms with Gasteiger partial charge in [-0.05, 0) is 55.9 Å². The van der Waals surface area contributed by atoms with Crippen molar-refractivity contribution >= 4 is 33.4 Å². The lowest BCUT2D eigenvalue weighted by molar-refractivity contribution is 0.0947. The van der Waals surface area contributed by atoms with Gasteiger partial charge < -0.3 is 15.5 Å². The maximum absolute atomic E-state index is 13.5. The first kappa shape index (κ1) is 19.7. The number of carbonyl (C=O) groups excluding carboxylic acids is 1. The third-order valence-electron chi connectivity index (χ3n) is 5.00. The summed E-state index contributed by atoms with van der Waals surface area (Å²) in [4.78, 5) is 28.0. The number of hydrogen-bond donors (Lipinski definition) is 2. The fraction of sp³-hybridized carbons (Fsp3) is 0.400. The van der Waals surface area contributed by atoms with E-state index in [1.807, 2.05) is 18.4 Å². The summed E-state index contributed by atoms with van der Waals surface area (Å²) in [5.41, 5.74) is 1.75. The van der Waals surface area contributed by atoms with Crippen molar-refractivity contribution in [2.75, 3.05) is 31.5 Å². The van der Waals surface area contributed by atoms with E-state index >= 15 is 0 Å². The second-order valence-electron chi connectivity index (χ2n) is 7.14. The van der Waals surface area contributed by atoms with Crippen molar-refractivity contribution in [1.29, 1.82) is 0 Å². The number of amides is 1. The van der Waals surface area contributed by atoms with Gasteiger partial charge in [0.2, 0.25) is 5.95 Å². The van der Waals surface area contributed by atoms with Crippen LogP contribution in [0.25, 0.3) is 10.2 Å². The second-order valence-corrected chi connectivity index (χ2v) is 8.05. The molecular formula is C20H23FN6OS. The summed E-state index contributed by atoms with van der Waals surface area (Å²) in [5.74, 6) is -0.275. The van der Waals surface area contributed by atoms with E-state index < -0.39 is 5.82 Å². The van der Waals surface area contributed by atoms with Crippen LogP contribution < -0.4 is 10.6 Å². The largest absolute Gasteiger partial charge is 0.349 e. The molecule has 0 bridgehead atoms. The summed E-state index contributed by atoms with van der Waals surface area (Å²) in [6.45, 7) is 5.50. The van der Waals surface area contributed by atoms with Crippen LogP contribution in [0.4, 0.5) is 10.3 Å². The lowest BCUT2D eigenvalue weighted by atomic mass is 10.1. The van der Waals surface area contributed by atoms with Crippen LogP contribution in [-0.2, 0) is 0 Å². The smallest absolute Gasteiger partial charge is 0.271 e. The molecule has 1 unspecified atom stereocenters. The third-order valence-corrected chi connectivity index (χ3v) is 5.91. The van der Waals surface area contributed by atoms with Gasteiger partial charge in [-0.25, -0.2) is 14.4 Å². The van der Waals surface area contributed by atoms with Crippen molar-refractivity contribution in [3.05, 3.63) is 47.0 Å². The zero-order valence-electron chi connectivity index (χ0n) is 16.2. The molecule has 2 N–H and O–H groups in total. The maximum atomic E-state index is 13.5. The molecule has 9 heteroatoms. The lowest BCUT2D eigenvalue weighted by Gasteiger charge is -2.16. The average Bonchev–Trinajstić information content (AvgIpc) is 3.39. The second kappa shape index (κ2) is 8.79. The first-order chi connectivity index (χ1) is 14.1. The molecular weight excluding hydrogens is 391 g/mol. The number of fused-ring (bicyclic) bond motifs is 1. The third kappa shape index (κ3) is 4.68. The number of thiophene rings is 1. The fourth-order valence-corrected chi connectivity index (χ4v) is 4.26. The topological polar surface area (TPSA) is 83.0 Å². The van der Waals surface area contributed by atoms with Crippen LogP contribution in [0.15, 0.2) is 29.9 Å². The first-order valence-corrected chi connectivity index (χ1v) is 10.6. The molecule has 0 aromatic carbocycles. The number of aromatic nitrogens is 3. The molecule has 1 fully saturated rings. The number of carbonyl (C=O) groups is 1. The summed E-state index contributed by atoms with van der Waals surface area (Å²) in [6, 6.07) is 3.02. The Bertz CT molecular complexity index is 1000. The Morgan fingerprint density at radius 2 is 2.14 bits per heavy atom. The van der Waals surface area contributed by atoms with Gasteiger partial charge in [0.25, 0.3) is 5.91 Å². The number of rotatable bonds is 7. The zero-order valence-corrected chi connectivity index (χ0v) is 17.0. The number of halogens is 1. The Morgan fingerprint density at radius 1 is 1.31 bits per heavy atom. The zero-order chi connectivity index (χ0) is 20.2. The highest BCUT2D eigenvalue weighted by molar-refractivity contribution is 7.17. The van der Waals surface area contributed by atoms with E-state index in [1.54, 1.807) is 6.20 Å². The minimum Gasteiger partial charge on any atom is -0.349 e. The minimum atomic E-state index is -0.400. The van der Waals surface area contributed by atoms with Crippen molar-refractivity contribution in [1.82, 2.24) is 25.2 Å². The van der Waals surface area contributed by atoms with Gasteiger partial charge in [0.15, 0.2) is 5.69 Å². The lowest BCUT2D eigenvalue weighted by Crippen LogP contribution is -2.34. The van der Waals surface area contributed by atoms with E-state index in [-0.39, 0.29) is 11.9 Å². The van der Waals surface area contributed by atoms with Crippen LogP contribution in [0.2, 0.25) is 0 Å². The molecule has 29 heavy (non-hydrogen) atoms. The first-order valence-electron chi connectivity index (χ1n) is 9.73. The van der Waals surface area contributed by atoms with E-state index in [1.165, 1.54) is 30.2 Å². The summed E-state index contributed by atoms with van der Waals surface area (Å²) in [5, 5.41) is 8.02. The molecule has 3 aromatic rings. The molecule has 1 saturated heterocycles. The van der Waals surface area contributed by atoms with Crippen molar-refractivity contribution in [2.45, 2.75) is 25.8 Å². The van der Waals surface area contributed by atoms with Crippen LogP contribution in [0.1, 0.15) is 41.9 Å². The van der Waals surface area contributed by atoms with Gasteiger partial charge in [0.1, 0.15) is 5.82 Å². The molecule has 0 saturated carbocycles. The molecule has 4 rings (SSSR count). The van der Waals surface area contributed by atoms with Crippen LogP contribution in [0.5, 0.6) is 0 Å². The SMILES string of the molecule is CC(Nc1nc(C(=O)NCCN2CCCC2)c2sccc2n1)c1cncc(F)c1. The number of pyridine rings is 1. The molecule has 1 atom stereocenters. The molecule has 4 heterocycles. The molecule has 0 spiro atoms. The van der Waals surface area contributed by atoms with Crippen molar-refractivity contribution < 1.29 is 9.18 Å². The molecule has 0 radical (unpaired) electrons. The van der Waals surface area contributed by atoms with Crippen LogP contribution in [0, 0.1) is 5.82 Å². The Hall–Kier alpha value is -2.65. The van der Waals surface area contributed by atoms with Gasteiger partial charge in [0, 0.05) is 19.3 Å². The van der Waals surface area contributed by atoms with Gasteiger partial charge in [-0.1, -0.05) is 0 Å². The highest BCUT2D eigenvalue weighted by atomic mass is 32.1. The average molecular weight is 415 g/mol. The summed E-state index contributed by atoms with van der Waals surface area (Å²) < 4.78 is 14.2. The quantitative estimate of drug-likeness (QED) is 0.618. The van der Waals surface area contributed by atoms with Crippen LogP contribution >= 0.6 is 11.3 Å². The monoisotopic (exact) mass is 414 g/mol. The number of hydrogen-bond acceptors (Lipinski definition) is 7. The van der Waals surface area contributed by atoms with E-state index in [0.717, 1.165) is 30.5 Å². The molecule has 3 aromatic heterocycles. The number of anilines is 1. The van der Waals surface area contributed by atoms with Crippen molar-refractivity contribution in [3.63, 3.8) is 0 Å². The number of nitrogens with zero attached hydrogens (tertiary/aromatic N) is 4. The standard InChI is InChI=1S/C20H23FN6OS/c1-13(14-10-15(21)12-22-11-14)24-20-25-16-4-9-29-18(16)17(26-20)19(28)23-5-8-27-6-2-3-7-27/h4,9-13H,2-3,5-8H2,1H3,(H,23,28)(H,24,25,26). The molecule has 1 aliphatic heterocycles. The highest BCUT2D eigenvalue weighted by Crippen LogP contribution is 2.25. The highest BCUT2D eigenvalue weighted by Gasteiger charge is 2.18. The van der Waals surface area contributed by atoms with E-state index in [0.29, 0.717) is 29.3 Å². The summed E-state index contributed by atoms with van der Waals surface area (Å²) >= 11 is 1.44. The van der Waals surface area contributed by atoms with Gasteiger partial charge in [-0.3, -0.25) is 9.78 Å². The number of likely N-dealkylation sites (tertiary alicyclic amines) is 1. The Morgan fingerprint density at radius 3 is 2.93 bits per heavy atom. The van der Waals surface area contributed by atoms with Crippen LogP contribution in [-0.4, -0.2) is 51.9 Å². The number of nitrogens with one attached hydrogen (secondary N) is 2. The molecule has 1 amide bonds. The maximum Gasteiger partial charge on any atom is 0.271 e.